The summed E-state index contributed by atoms with van der Waals surface area (Å²) in [6.07, 6.45) is 1.58. The number of nitriles is 1. The van der Waals surface area contributed by atoms with Gasteiger partial charge in [0.25, 0.3) is 0 Å². The van der Waals surface area contributed by atoms with Crippen molar-refractivity contribution in [3.05, 3.63) is 41.1 Å². The first kappa shape index (κ1) is 13.9. The van der Waals surface area contributed by atoms with Crippen molar-refractivity contribution in [3.63, 3.8) is 0 Å². The second-order valence-electron chi connectivity index (χ2n) is 4.52. The minimum Gasteiger partial charge on any atom is -0.496 e. The largest absolute Gasteiger partial charge is 0.496 e. The van der Waals surface area contributed by atoms with E-state index in [1.165, 1.54) is 7.11 Å². The third-order valence-electron chi connectivity index (χ3n) is 3.23. The Kier molecular flexibility index (Phi) is 3.90. The lowest BCUT2D eigenvalue weighted by atomic mass is 10.0. The molecule has 0 bridgehead atoms. The summed E-state index contributed by atoms with van der Waals surface area (Å²) in [5.74, 6) is 1.33. The highest BCUT2D eigenvalue weighted by Crippen LogP contribution is 2.30. The van der Waals surface area contributed by atoms with Crippen LogP contribution < -0.4 is 9.47 Å². The number of pyridine rings is 1. The average Bonchev–Trinajstić information content (AvgIpc) is 2.48. The molecule has 1 heterocycles. The number of methoxy groups -OCH3 is 2. The second-order valence-corrected chi connectivity index (χ2v) is 4.52. The fraction of sp³-hybridized carbons (Fsp3) is 0.250. The minimum atomic E-state index is 0.477. The topological polar surface area (TPSA) is 55.1 Å². The smallest absolute Gasteiger partial charge is 0.154 e. The molecule has 4 nitrogen and oxygen atoms in total. The molecular weight excluding hydrogens is 252 g/mol. The molecule has 1 aromatic carbocycles. The molecule has 0 aliphatic carbocycles. The van der Waals surface area contributed by atoms with E-state index < -0.39 is 0 Å². The monoisotopic (exact) mass is 268 g/mol. The van der Waals surface area contributed by atoms with Crippen molar-refractivity contribution >= 4 is 0 Å². The van der Waals surface area contributed by atoms with Crippen molar-refractivity contribution in [2.24, 2.45) is 0 Å². The summed E-state index contributed by atoms with van der Waals surface area (Å²) in [7, 11) is 3.18. The van der Waals surface area contributed by atoms with Crippen LogP contribution >= 0.6 is 0 Å². The number of rotatable bonds is 3. The van der Waals surface area contributed by atoms with Gasteiger partial charge < -0.3 is 9.47 Å². The van der Waals surface area contributed by atoms with Gasteiger partial charge in [-0.3, -0.25) is 4.98 Å². The Morgan fingerprint density at radius 2 is 1.70 bits per heavy atom. The van der Waals surface area contributed by atoms with Crippen molar-refractivity contribution in [2.75, 3.05) is 14.2 Å². The summed E-state index contributed by atoms with van der Waals surface area (Å²) in [5.41, 5.74) is 4.30. The van der Waals surface area contributed by atoms with Crippen LogP contribution in [0.25, 0.3) is 11.3 Å². The van der Waals surface area contributed by atoms with Gasteiger partial charge in [-0.15, -0.1) is 0 Å². The number of hydrogen-bond acceptors (Lipinski definition) is 4. The van der Waals surface area contributed by atoms with Crippen LogP contribution in [0.1, 0.15) is 16.7 Å². The molecule has 102 valence electrons. The minimum absolute atomic E-state index is 0.477. The highest BCUT2D eigenvalue weighted by Gasteiger charge is 2.11. The van der Waals surface area contributed by atoms with E-state index in [1.807, 2.05) is 26.0 Å². The Hall–Kier alpha value is -2.54. The fourth-order valence-corrected chi connectivity index (χ4v) is 2.13. The van der Waals surface area contributed by atoms with E-state index in [1.54, 1.807) is 19.4 Å². The molecule has 0 aliphatic heterocycles. The van der Waals surface area contributed by atoms with E-state index >= 15 is 0 Å². The first-order valence-corrected chi connectivity index (χ1v) is 6.20. The molecule has 2 aromatic rings. The first-order chi connectivity index (χ1) is 9.60. The number of aryl methyl sites for hydroxylation is 2. The van der Waals surface area contributed by atoms with Gasteiger partial charge in [-0.2, -0.15) is 5.26 Å². The zero-order valence-corrected chi connectivity index (χ0v) is 12.0. The normalized spacial score (nSPS) is 9.95. The summed E-state index contributed by atoms with van der Waals surface area (Å²) in [4.78, 5) is 4.37. The highest BCUT2D eigenvalue weighted by atomic mass is 16.5. The predicted molar refractivity (Wildman–Crippen MR) is 77.0 cm³/mol. The van der Waals surface area contributed by atoms with Crippen LogP contribution in [0.4, 0.5) is 0 Å². The molecule has 2 rings (SSSR count). The maximum absolute atomic E-state index is 9.15. The summed E-state index contributed by atoms with van der Waals surface area (Å²) >= 11 is 0. The molecule has 0 radical (unpaired) electrons. The molecule has 0 N–H and O–H groups in total. The van der Waals surface area contributed by atoms with E-state index in [2.05, 4.69) is 11.1 Å². The van der Waals surface area contributed by atoms with Crippen LogP contribution in [-0.2, 0) is 0 Å². The van der Waals surface area contributed by atoms with Gasteiger partial charge in [-0.05, 0) is 43.2 Å². The van der Waals surface area contributed by atoms with Crippen LogP contribution in [0, 0.1) is 25.2 Å². The molecule has 0 fully saturated rings. The number of nitrogens with zero attached hydrogens (tertiary/aromatic N) is 2. The molecular formula is C16H16N2O2. The highest BCUT2D eigenvalue weighted by molar-refractivity contribution is 5.68. The third-order valence-corrected chi connectivity index (χ3v) is 3.23. The van der Waals surface area contributed by atoms with Crippen LogP contribution in [0.2, 0.25) is 0 Å². The van der Waals surface area contributed by atoms with Crippen LogP contribution in [0.15, 0.2) is 24.4 Å². The molecule has 0 spiro atoms. The van der Waals surface area contributed by atoms with Gasteiger partial charge in [-0.25, -0.2) is 0 Å². The van der Waals surface area contributed by atoms with Gasteiger partial charge >= 0.3 is 0 Å². The quantitative estimate of drug-likeness (QED) is 0.857. The molecule has 0 aliphatic rings. The van der Waals surface area contributed by atoms with E-state index in [0.717, 1.165) is 28.1 Å². The summed E-state index contributed by atoms with van der Waals surface area (Å²) in [6, 6.07) is 7.86. The van der Waals surface area contributed by atoms with Crippen molar-refractivity contribution in [3.8, 4) is 28.8 Å². The molecule has 0 amide bonds. The Bertz CT molecular complexity index is 688. The van der Waals surface area contributed by atoms with Gasteiger partial charge in [0.1, 0.15) is 11.8 Å². The Balaban J connectivity index is 2.58. The number of ether oxygens (including phenoxy) is 2. The number of benzene rings is 1. The van der Waals surface area contributed by atoms with E-state index in [4.69, 9.17) is 14.7 Å². The second kappa shape index (κ2) is 5.62. The number of aromatic nitrogens is 1. The van der Waals surface area contributed by atoms with Crippen LogP contribution in [0.5, 0.6) is 11.5 Å². The molecule has 20 heavy (non-hydrogen) atoms. The lowest BCUT2D eigenvalue weighted by Crippen LogP contribution is -1.95. The van der Waals surface area contributed by atoms with Gasteiger partial charge in [0.05, 0.1) is 31.7 Å². The fourth-order valence-electron chi connectivity index (χ4n) is 2.13. The predicted octanol–water partition coefficient (Wildman–Crippen LogP) is 3.25. The lowest BCUT2D eigenvalue weighted by Gasteiger charge is -2.12. The summed E-state index contributed by atoms with van der Waals surface area (Å²) < 4.78 is 10.4. The van der Waals surface area contributed by atoms with E-state index in [0.29, 0.717) is 11.3 Å². The van der Waals surface area contributed by atoms with Gasteiger partial charge in [-0.1, -0.05) is 0 Å². The Morgan fingerprint density at radius 3 is 2.30 bits per heavy atom. The molecule has 0 atom stereocenters. The average molecular weight is 268 g/mol. The third kappa shape index (κ3) is 2.43. The van der Waals surface area contributed by atoms with Gasteiger partial charge in [0.15, 0.2) is 5.75 Å². The zero-order valence-electron chi connectivity index (χ0n) is 12.0. The summed E-state index contributed by atoms with van der Waals surface area (Å²) in [5, 5.41) is 9.15. The maximum atomic E-state index is 9.15. The Labute approximate surface area is 118 Å². The first-order valence-electron chi connectivity index (χ1n) is 6.20. The van der Waals surface area contributed by atoms with Crippen molar-refractivity contribution in [1.82, 2.24) is 4.98 Å². The maximum Gasteiger partial charge on any atom is 0.154 e. The van der Waals surface area contributed by atoms with E-state index in [-0.39, 0.29) is 0 Å². The number of hydrogen-bond donors (Lipinski definition) is 0. The van der Waals surface area contributed by atoms with Gasteiger partial charge in [0, 0.05) is 5.56 Å². The lowest BCUT2D eigenvalue weighted by molar-refractivity contribution is 0.411. The van der Waals surface area contributed by atoms with Gasteiger partial charge in [0.2, 0.25) is 0 Å². The molecule has 0 saturated carbocycles. The van der Waals surface area contributed by atoms with Crippen molar-refractivity contribution in [1.29, 1.82) is 5.26 Å². The van der Waals surface area contributed by atoms with Crippen LogP contribution in [-0.4, -0.2) is 19.2 Å². The summed E-state index contributed by atoms with van der Waals surface area (Å²) in [6.45, 7) is 3.98. The molecule has 0 saturated heterocycles. The van der Waals surface area contributed by atoms with E-state index in [9.17, 15) is 0 Å². The van der Waals surface area contributed by atoms with Crippen molar-refractivity contribution in [2.45, 2.75) is 13.8 Å². The SMILES string of the molecule is COc1cc(C)c(-c2cc(C#N)c(OC)cn2)cc1C. The standard InChI is InChI=1S/C16H16N2O2/c1-10-6-15(19-3)11(2)5-13(10)14-7-12(8-17)16(20-4)9-18-14/h5-7,9H,1-4H3. The Morgan fingerprint density at radius 1 is 1.00 bits per heavy atom. The molecule has 4 heteroatoms. The van der Waals surface area contributed by atoms with Crippen molar-refractivity contribution < 1.29 is 9.47 Å². The zero-order chi connectivity index (χ0) is 14.7. The van der Waals surface area contributed by atoms with Crippen LogP contribution in [0.3, 0.4) is 0 Å². The molecule has 0 unspecified atom stereocenters. The molecule has 1 aromatic heterocycles.